The molecule has 0 aliphatic rings. The Morgan fingerprint density at radius 3 is 2.79 bits per heavy atom. The Bertz CT molecular complexity index is 547. The summed E-state index contributed by atoms with van der Waals surface area (Å²) in [6.45, 7) is 0.650. The topological polar surface area (TPSA) is 122 Å². The van der Waals surface area contributed by atoms with E-state index in [1.807, 2.05) is 0 Å². The third-order valence-corrected chi connectivity index (χ3v) is 2.84. The lowest BCUT2D eigenvalue weighted by Crippen LogP contribution is -2.09. The summed E-state index contributed by atoms with van der Waals surface area (Å²) in [6.07, 6.45) is 1.57. The van der Waals surface area contributed by atoms with Gasteiger partial charge in [-0.15, -0.1) is 0 Å². The highest BCUT2D eigenvalue weighted by molar-refractivity contribution is 5.63. The van der Waals surface area contributed by atoms with Crippen LogP contribution in [0.15, 0.2) is 24.4 Å². The van der Waals surface area contributed by atoms with Crippen LogP contribution in [0.25, 0.3) is 0 Å². The molecule has 0 aliphatic carbocycles. The molecular weight excluding hydrogens is 246 g/mol. The number of nitrogen functional groups attached to an aromatic ring is 2. The quantitative estimate of drug-likeness (QED) is 0.496. The smallest absolute Gasteiger partial charge is 0.145 e. The van der Waals surface area contributed by atoms with Crippen molar-refractivity contribution >= 4 is 17.2 Å². The summed E-state index contributed by atoms with van der Waals surface area (Å²) < 4.78 is 1.50. The van der Waals surface area contributed by atoms with Crippen molar-refractivity contribution in [1.29, 1.82) is 0 Å². The van der Waals surface area contributed by atoms with E-state index in [0.29, 0.717) is 35.8 Å². The Kier molecular flexibility index (Phi) is 3.76. The number of anilines is 3. The van der Waals surface area contributed by atoms with Crippen molar-refractivity contribution in [2.75, 3.05) is 23.4 Å². The Labute approximate surface area is 110 Å². The summed E-state index contributed by atoms with van der Waals surface area (Å²) in [6, 6.07) is 4.98. The van der Waals surface area contributed by atoms with Crippen molar-refractivity contribution in [1.82, 2.24) is 9.78 Å². The van der Waals surface area contributed by atoms with Gasteiger partial charge in [0.2, 0.25) is 0 Å². The van der Waals surface area contributed by atoms with Crippen molar-refractivity contribution in [2.45, 2.75) is 13.1 Å². The number of phenolic OH excluding ortho intramolecular Hbond substituents is 1. The van der Waals surface area contributed by atoms with E-state index >= 15 is 0 Å². The minimum Gasteiger partial charge on any atom is -0.508 e. The first-order chi connectivity index (χ1) is 9.13. The highest BCUT2D eigenvalue weighted by Crippen LogP contribution is 2.25. The second-order valence-corrected chi connectivity index (χ2v) is 4.09. The van der Waals surface area contributed by atoms with Gasteiger partial charge in [-0.3, -0.25) is 0 Å². The summed E-state index contributed by atoms with van der Waals surface area (Å²) in [7, 11) is 0. The SMILES string of the molecule is Nc1cccc(O)c1CNc1cnn(CCO)c1N. The van der Waals surface area contributed by atoms with Crippen molar-refractivity contribution < 1.29 is 10.2 Å². The number of hydrogen-bond acceptors (Lipinski definition) is 6. The first-order valence-corrected chi connectivity index (χ1v) is 5.86. The number of nitrogens with two attached hydrogens (primary N) is 2. The molecule has 2 aromatic rings. The highest BCUT2D eigenvalue weighted by atomic mass is 16.3. The van der Waals surface area contributed by atoms with Crippen molar-refractivity contribution in [3.63, 3.8) is 0 Å². The molecule has 19 heavy (non-hydrogen) atoms. The molecule has 7 heteroatoms. The molecule has 102 valence electrons. The zero-order valence-corrected chi connectivity index (χ0v) is 10.4. The first-order valence-electron chi connectivity index (χ1n) is 5.86. The van der Waals surface area contributed by atoms with Gasteiger partial charge in [-0.05, 0) is 12.1 Å². The summed E-state index contributed by atoms with van der Waals surface area (Å²) >= 11 is 0. The monoisotopic (exact) mass is 263 g/mol. The summed E-state index contributed by atoms with van der Waals surface area (Å²) in [4.78, 5) is 0. The maximum atomic E-state index is 9.72. The van der Waals surface area contributed by atoms with Gasteiger partial charge in [0.05, 0.1) is 25.0 Å². The van der Waals surface area contributed by atoms with Gasteiger partial charge < -0.3 is 27.0 Å². The van der Waals surface area contributed by atoms with Gasteiger partial charge in [0.1, 0.15) is 11.6 Å². The van der Waals surface area contributed by atoms with E-state index in [9.17, 15) is 5.11 Å². The number of aliphatic hydroxyl groups excluding tert-OH is 1. The molecule has 7 nitrogen and oxygen atoms in total. The number of phenols is 1. The van der Waals surface area contributed by atoms with Gasteiger partial charge in [0.15, 0.2) is 0 Å². The lowest BCUT2D eigenvalue weighted by molar-refractivity contribution is 0.270. The third kappa shape index (κ3) is 2.71. The van der Waals surface area contributed by atoms with Crippen LogP contribution in [0.5, 0.6) is 5.75 Å². The third-order valence-electron chi connectivity index (χ3n) is 2.84. The fourth-order valence-corrected chi connectivity index (χ4v) is 1.77. The van der Waals surface area contributed by atoms with Crippen LogP contribution >= 0.6 is 0 Å². The molecule has 2 rings (SSSR count). The molecule has 1 aromatic heterocycles. The molecule has 0 amide bonds. The minimum atomic E-state index is -0.0300. The molecule has 0 saturated heterocycles. The van der Waals surface area contributed by atoms with Gasteiger partial charge in [-0.1, -0.05) is 6.07 Å². The molecule has 0 atom stereocenters. The van der Waals surface area contributed by atoms with Crippen LogP contribution in [0, 0.1) is 0 Å². The van der Waals surface area contributed by atoms with Crippen molar-refractivity contribution in [3.8, 4) is 5.75 Å². The van der Waals surface area contributed by atoms with E-state index in [1.165, 1.54) is 4.68 Å². The molecule has 1 aromatic carbocycles. The van der Waals surface area contributed by atoms with Gasteiger partial charge in [-0.2, -0.15) is 5.10 Å². The summed E-state index contributed by atoms with van der Waals surface area (Å²) in [5, 5.41) is 25.7. The van der Waals surface area contributed by atoms with E-state index < -0.39 is 0 Å². The zero-order chi connectivity index (χ0) is 13.8. The second-order valence-electron chi connectivity index (χ2n) is 4.09. The number of aliphatic hydroxyl groups is 1. The van der Waals surface area contributed by atoms with Crippen molar-refractivity contribution in [3.05, 3.63) is 30.0 Å². The molecule has 0 radical (unpaired) electrons. The number of aromatic nitrogens is 2. The van der Waals surface area contributed by atoms with Crippen molar-refractivity contribution in [2.24, 2.45) is 0 Å². The van der Waals surface area contributed by atoms with Gasteiger partial charge in [0.25, 0.3) is 0 Å². The van der Waals surface area contributed by atoms with Crippen LogP contribution in [0.1, 0.15) is 5.56 Å². The molecule has 7 N–H and O–H groups in total. The van der Waals surface area contributed by atoms with Crippen LogP contribution in [0.3, 0.4) is 0 Å². The molecule has 0 saturated carbocycles. The van der Waals surface area contributed by atoms with Gasteiger partial charge in [-0.25, -0.2) is 4.68 Å². The van der Waals surface area contributed by atoms with Crippen LogP contribution in [0.2, 0.25) is 0 Å². The molecule has 0 bridgehead atoms. The van der Waals surface area contributed by atoms with Gasteiger partial charge in [0, 0.05) is 17.8 Å². The standard InChI is InChI=1S/C12H17N5O2/c13-9-2-1-3-11(19)8(9)6-15-10-7-16-17(4-5-18)12(10)14/h1-3,7,15,18-19H,4-6,13-14H2. The van der Waals surface area contributed by atoms with E-state index in [4.69, 9.17) is 16.6 Å². The number of aromatic hydroxyl groups is 1. The highest BCUT2D eigenvalue weighted by Gasteiger charge is 2.09. The van der Waals surface area contributed by atoms with E-state index in [0.717, 1.165) is 0 Å². The Morgan fingerprint density at radius 2 is 2.11 bits per heavy atom. The normalized spacial score (nSPS) is 10.6. The molecule has 1 heterocycles. The van der Waals surface area contributed by atoms with E-state index in [2.05, 4.69) is 10.4 Å². The maximum absolute atomic E-state index is 9.72. The van der Waals surface area contributed by atoms with E-state index in [-0.39, 0.29) is 12.4 Å². The van der Waals surface area contributed by atoms with Crippen LogP contribution in [0.4, 0.5) is 17.2 Å². The lowest BCUT2D eigenvalue weighted by Gasteiger charge is -2.10. The molecule has 0 aliphatic heterocycles. The Balaban J connectivity index is 2.11. The first kappa shape index (κ1) is 13.0. The molecule has 0 spiro atoms. The predicted molar refractivity (Wildman–Crippen MR) is 73.6 cm³/mol. The van der Waals surface area contributed by atoms with Crippen LogP contribution < -0.4 is 16.8 Å². The number of rotatable bonds is 5. The number of nitrogens with one attached hydrogen (secondary N) is 1. The zero-order valence-electron chi connectivity index (χ0n) is 10.4. The summed E-state index contributed by atoms with van der Waals surface area (Å²) in [5.74, 6) is 0.567. The molecular formula is C12H17N5O2. The largest absolute Gasteiger partial charge is 0.508 e. The fraction of sp³-hybridized carbons (Fsp3) is 0.250. The number of hydrogen-bond donors (Lipinski definition) is 5. The average Bonchev–Trinajstić information content (AvgIpc) is 2.71. The van der Waals surface area contributed by atoms with Gasteiger partial charge >= 0.3 is 0 Å². The maximum Gasteiger partial charge on any atom is 0.145 e. The summed E-state index contributed by atoms with van der Waals surface area (Å²) in [5.41, 5.74) is 13.4. The Morgan fingerprint density at radius 1 is 1.32 bits per heavy atom. The Hall–Kier alpha value is -2.41. The number of benzene rings is 1. The lowest BCUT2D eigenvalue weighted by atomic mass is 10.1. The molecule has 0 fully saturated rings. The second kappa shape index (κ2) is 5.49. The fourth-order valence-electron chi connectivity index (χ4n) is 1.77. The van der Waals surface area contributed by atoms with E-state index in [1.54, 1.807) is 24.4 Å². The number of nitrogens with zero attached hydrogens (tertiary/aromatic N) is 2. The molecule has 0 unspecified atom stereocenters. The minimum absolute atomic E-state index is 0.0300. The van der Waals surface area contributed by atoms with Crippen LogP contribution in [-0.4, -0.2) is 26.6 Å². The predicted octanol–water partition coefficient (Wildman–Crippen LogP) is 0.357. The van der Waals surface area contributed by atoms with Crippen LogP contribution in [-0.2, 0) is 13.1 Å². The average molecular weight is 263 g/mol.